The average Bonchev–Trinajstić information content (AvgIpc) is 2.51. The smallest absolute Gasteiger partial charge is 0.276 e. The Morgan fingerprint density at radius 2 is 2.46 bits per heavy atom. The van der Waals surface area contributed by atoms with Crippen molar-refractivity contribution in [2.75, 3.05) is 7.05 Å². The van der Waals surface area contributed by atoms with E-state index < -0.39 is 0 Å². The molecule has 1 aliphatic rings. The molecule has 1 aromatic heterocycles. The Hall–Kier alpha value is -1.32. The zero-order valence-electron chi connectivity index (χ0n) is 7.56. The number of rotatable bonds is 2. The molecular formula is C9H12N2O2. The minimum atomic E-state index is -0.0431. The molecule has 0 aliphatic heterocycles. The summed E-state index contributed by atoms with van der Waals surface area (Å²) < 4.78 is 4.62. The molecule has 1 heterocycles. The van der Waals surface area contributed by atoms with Crippen LogP contribution in [0.15, 0.2) is 16.9 Å². The summed E-state index contributed by atoms with van der Waals surface area (Å²) in [5.41, 5.74) is 0.398. The van der Waals surface area contributed by atoms with Crippen molar-refractivity contribution in [2.24, 2.45) is 0 Å². The standard InChI is InChI=1S/C9H12N2O2/c1-11(7-3-2-4-7)9(12)8-5-6-13-10-8/h5-7H,2-4H2,1H3. The van der Waals surface area contributed by atoms with Gasteiger partial charge in [-0.3, -0.25) is 4.79 Å². The van der Waals surface area contributed by atoms with Crippen LogP contribution in [-0.4, -0.2) is 29.1 Å². The van der Waals surface area contributed by atoms with E-state index in [1.54, 1.807) is 11.0 Å². The van der Waals surface area contributed by atoms with Gasteiger partial charge in [0, 0.05) is 19.2 Å². The lowest BCUT2D eigenvalue weighted by Gasteiger charge is -2.34. The van der Waals surface area contributed by atoms with E-state index in [0.717, 1.165) is 12.8 Å². The SMILES string of the molecule is CN(C(=O)c1ccon1)C1CCC1. The molecule has 13 heavy (non-hydrogen) atoms. The lowest BCUT2D eigenvalue weighted by Crippen LogP contribution is -2.41. The van der Waals surface area contributed by atoms with Gasteiger partial charge in [0.15, 0.2) is 5.69 Å². The minimum absolute atomic E-state index is 0.0431. The molecule has 70 valence electrons. The van der Waals surface area contributed by atoms with Gasteiger partial charge in [-0.2, -0.15) is 0 Å². The van der Waals surface area contributed by atoms with Gasteiger partial charge in [-0.25, -0.2) is 0 Å². The predicted molar refractivity (Wildman–Crippen MR) is 46.2 cm³/mol. The van der Waals surface area contributed by atoms with Crippen molar-refractivity contribution in [3.05, 3.63) is 18.0 Å². The second-order valence-electron chi connectivity index (χ2n) is 3.39. The van der Waals surface area contributed by atoms with Gasteiger partial charge in [-0.1, -0.05) is 5.16 Å². The van der Waals surface area contributed by atoms with Crippen molar-refractivity contribution in [1.82, 2.24) is 10.1 Å². The van der Waals surface area contributed by atoms with Gasteiger partial charge in [0.1, 0.15) is 6.26 Å². The summed E-state index contributed by atoms with van der Waals surface area (Å²) in [4.78, 5) is 13.4. The first kappa shape index (κ1) is 8.29. The molecule has 2 rings (SSSR count). The molecule has 0 spiro atoms. The highest BCUT2D eigenvalue weighted by atomic mass is 16.5. The summed E-state index contributed by atoms with van der Waals surface area (Å²) in [7, 11) is 1.82. The Bertz CT molecular complexity index is 291. The van der Waals surface area contributed by atoms with Gasteiger partial charge in [-0.05, 0) is 19.3 Å². The molecule has 0 saturated heterocycles. The van der Waals surface area contributed by atoms with Crippen molar-refractivity contribution in [2.45, 2.75) is 25.3 Å². The number of hydrogen-bond acceptors (Lipinski definition) is 3. The predicted octanol–water partition coefficient (Wildman–Crippen LogP) is 1.30. The summed E-state index contributed by atoms with van der Waals surface area (Å²) >= 11 is 0. The number of amides is 1. The normalized spacial score (nSPS) is 16.7. The molecule has 0 aromatic carbocycles. The molecule has 4 heteroatoms. The van der Waals surface area contributed by atoms with Crippen LogP contribution in [-0.2, 0) is 0 Å². The summed E-state index contributed by atoms with van der Waals surface area (Å²) in [5, 5.41) is 3.61. The second-order valence-corrected chi connectivity index (χ2v) is 3.39. The molecule has 0 radical (unpaired) electrons. The summed E-state index contributed by atoms with van der Waals surface area (Å²) in [6, 6.07) is 2.00. The van der Waals surface area contributed by atoms with Crippen LogP contribution in [0, 0.1) is 0 Å². The molecule has 1 aromatic rings. The summed E-state index contributed by atoms with van der Waals surface area (Å²) in [6.45, 7) is 0. The van der Waals surface area contributed by atoms with Crippen molar-refractivity contribution in [3.8, 4) is 0 Å². The molecule has 0 N–H and O–H groups in total. The highest BCUT2D eigenvalue weighted by molar-refractivity contribution is 5.92. The van der Waals surface area contributed by atoms with Crippen molar-refractivity contribution < 1.29 is 9.32 Å². The summed E-state index contributed by atoms with van der Waals surface area (Å²) in [6.07, 6.45) is 4.86. The maximum atomic E-state index is 11.6. The first-order valence-electron chi connectivity index (χ1n) is 4.46. The third-order valence-electron chi connectivity index (χ3n) is 2.60. The van der Waals surface area contributed by atoms with Crippen molar-refractivity contribution in [3.63, 3.8) is 0 Å². The van der Waals surface area contributed by atoms with Gasteiger partial charge in [0.05, 0.1) is 0 Å². The fourth-order valence-corrected chi connectivity index (χ4v) is 1.44. The van der Waals surface area contributed by atoms with Crippen LogP contribution in [0.3, 0.4) is 0 Å². The van der Waals surface area contributed by atoms with Crippen LogP contribution in [0.25, 0.3) is 0 Å². The Morgan fingerprint density at radius 1 is 1.69 bits per heavy atom. The largest absolute Gasteiger partial charge is 0.364 e. The van der Waals surface area contributed by atoms with E-state index in [-0.39, 0.29) is 5.91 Å². The lowest BCUT2D eigenvalue weighted by molar-refractivity contribution is 0.0641. The Labute approximate surface area is 76.5 Å². The monoisotopic (exact) mass is 180 g/mol. The summed E-state index contributed by atoms with van der Waals surface area (Å²) in [5.74, 6) is -0.0431. The zero-order chi connectivity index (χ0) is 9.26. The third-order valence-corrected chi connectivity index (χ3v) is 2.60. The fraction of sp³-hybridized carbons (Fsp3) is 0.556. The molecule has 1 fully saturated rings. The van der Waals surface area contributed by atoms with E-state index >= 15 is 0 Å². The fourth-order valence-electron chi connectivity index (χ4n) is 1.44. The van der Waals surface area contributed by atoms with E-state index in [1.165, 1.54) is 12.7 Å². The highest BCUT2D eigenvalue weighted by Crippen LogP contribution is 2.24. The van der Waals surface area contributed by atoms with Crippen molar-refractivity contribution >= 4 is 5.91 Å². The number of aromatic nitrogens is 1. The third kappa shape index (κ3) is 1.43. The van der Waals surface area contributed by atoms with Gasteiger partial charge in [0.25, 0.3) is 5.91 Å². The number of hydrogen-bond donors (Lipinski definition) is 0. The lowest BCUT2D eigenvalue weighted by atomic mass is 9.92. The van der Waals surface area contributed by atoms with E-state index in [1.807, 2.05) is 7.05 Å². The first-order valence-corrected chi connectivity index (χ1v) is 4.46. The van der Waals surface area contributed by atoms with Gasteiger partial charge < -0.3 is 9.42 Å². The molecule has 0 bridgehead atoms. The number of carbonyl (C=O) groups excluding carboxylic acids is 1. The Kier molecular flexibility index (Phi) is 2.04. The van der Waals surface area contributed by atoms with Crippen LogP contribution in [0.5, 0.6) is 0 Å². The van der Waals surface area contributed by atoms with E-state index in [0.29, 0.717) is 11.7 Å². The van der Waals surface area contributed by atoms with Crippen LogP contribution in [0.2, 0.25) is 0 Å². The Balaban J connectivity index is 2.04. The first-order chi connectivity index (χ1) is 6.29. The quantitative estimate of drug-likeness (QED) is 0.689. The molecule has 0 unspecified atom stereocenters. The van der Waals surface area contributed by atoms with E-state index in [4.69, 9.17) is 0 Å². The number of carbonyl (C=O) groups is 1. The maximum absolute atomic E-state index is 11.6. The highest BCUT2D eigenvalue weighted by Gasteiger charge is 2.27. The Morgan fingerprint density at radius 3 is 2.92 bits per heavy atom. The van der Waals surface area contributed by atoms with Crippen LogP contribution in [0.4, 0.5) is 0 Å². The molecular weight excluding hydrogens is 168 g/mol. The van der Waals surface area contributed by atoms with Crippen LogP contribution >= 0.6 is 0 Å². The molecule has 1 amide bonds. The average molecular weight is 180 g/mol. The van der Waals surface area contributed by atoms with E-state index in [9.17, 15) is 4.79 Å². The molecule has 1 saturated carbocycles. The zero-order valence-corrected chi connectivity index (χ0v) is 7.56. The second kappa shape index (κ2) is 3.20. The van der Waals surface area contributed by atoms with Gasteiger partial charge in [0.2, 0.25) is 0 Å². The van der Waals surface area contributed by atoms with Gasteiger partial charge in [-0.15, -0.1) is 0 Å². The van der Waals surface area contributed by atoms with Gasteiger partial charge >= 0.3 is 0 Å². The minimum Gasteiger partial charge on any atom is -0.364 e. The molecule has 1 aliphatic carbocycles. The van der Waals surface area contributed by atoms with Crippen LogP contribution in [0.1, 0.15) is 29.8 Å². The number of nitrogens with zero attached hydrogens (tertiary/aromatic N) is 2. The van der Waals surface area contributed by atoms with E-state index in [2.05, 4.69) is 9.68 Å². The molecule has 0 atom stereocenters. The van der Waals surface area contributed by atoms with Crippen LogP contribution < -0.4 is 0 Å². The maximum Gasteiger partial charge on any atom is 0.276 e. The topological polar surface area (TPSA) is 46.3 Å². The van der Waals surface area contributed by atoms with Crippen molar-refractivity contribution in [1.29, 1.82) is 0 Å². The molecule has 4 nitrogen and oxygen atoms in total.